The molecule has 0 fully saturated rings. The van der Waals surface area contributed by atoms with Crippen LogP contribution >= 0.6 is 23.1 Å². The fraction of sp³-hybridized carbons (Fsp3) is 0.368. The van der Waals surface area contributed by atoms with Crippen LogP contribution in [0.3, 0.4) is 0 Å². The van der Waals surface area contributed by atoms with E-state index in [-0.39, 0.29) is 0 Å². The third kappa shape index (κ3) is 3.08. The molecule has 2 unspecified atom stereocenters. The summed E-state index contributed by atoms with van der Waals surface area (Å²) < 4.78 is 0. The first-order chi connectivity index (χ1) is 11.7. The predicted octanol–water partition coefficient (Wildman–Crippen LogP) is 4.64. The van der Waals surface area contributed by atoms with Gasteiger partial charge in [0.2, 0.25) is 0 Å². The van der Waals surface area contributed by atoms with Gasteiger partial charge in [0.15, 0.2) is 0 Å². The summed E-state index contributed by atoms with van der Waals surface area (Å²) in [6.07, 6.45) is 4.71. The Bertz CT molecular complexity index is 847. The fourth-order valence-electron chi connectivity index (χ4n) is 3.28. The van der Waals surface area contributed by atoms with E-state index in [1.807, 2.05) is 41.7 Å². The zero-order chi connectivity index (χ0) is 16.5. The maximum Gasteiger partial charge on any atom is 0.128 e. The lowest BCUT2D eigenvalue weighted by molar-refractivity contribution is 0.204. The SMILES string of the molecule is CC1CCc2c(sc3ncnc(SCC(O)c4ccccc4)c23)C1. The molecular weight excluding hydrogens is 336 g/mol. The Morgan fingerprint density at radius 3 is 2.96 bits per heavy atom. The number of hydrogen-bond acceptors (Lipinski definition) is 5. The molecule has 0 radical (unpaired) electrons. The number of aliphatic hydroxyl groups is 1. The highest BCUT2D eigenvalue weighted by Gasteiger charge is 2.23. The third-order valence-corrected chi connectivity index (χ3v) is 6.85. The van der Waals surface area contributed by atoms with E-state index in [0.29, 0.717) is 5.75 Å². The molecule has 3 nitrogen and oxygen atoms in total. The standard InChI is InChI=1S/C19H20N2OS2/c1-12-7-8-14-16(9-12)24-19-17(14)18(20-11-21-19)23-10-15(22)13-5-3-2-4-6-13/h2-6,11-12,15,22H,7-10H2,1H3. The third-order valence-electron chi connectivity index (χ3n) is 4.62. The number of rotatable bonds is 4. The van der Waals surface area contributed by atoms with Crippen molar-refractivity contribution in [3.05, 3.63) is 52.7 Å². The van der Waals surface area contributed by atoms with Crippen molar-refractivity contribution in [2.45, 2.75) is 37.3 Å². The summed E-state index contributed by atoms with van der Waals surface area (Å²) in [6, 6.07) is 9.82. The number of aryl methyl sites for hydroxylation is 1. The summed E-state index contributed by atoms with van der Waals surface area (Å²) in [5.41, 5.74) is 2.40. The van der Waals surface area contributed by atoms with Gasteiger partial charge in [0, 0.05) is 16.0 Å². The molecule has 0 saturated heterocycles. The van der Waals surface area contributed by atoms with Crippen molar-refractivity contribution in [3.8, 4) is 0 Å². The van der Waals surface area contributed by atoms with Gasteiger partial charge in [-0.2, -0.15) is 0 Å². The predicted molar refractivity (Wildman–Crippen MR) is 101 cm³/mol. The molecule has 4 rings (SSSR count). The number of thioether (sulfide) groups is 1. The lowest BCUT2D eigenvalue weighted by Gasteiger charge is -2.18. The summed E-state index contributed by atoms with van der Waals surface area (Å²) >= 11 is 3.46. The van der Waals surface area contributed by atoms with Crippen LogP contribution in [-0.4, -0.2) is 20.8 Å². The summed E-state index contributed by atoms with van der Waals surface area (Å²) in [7, 11) is 0. The maximum atomic E-state index is 10.4. The van der Waals surface area contributed by atoms with E-state index < -0.39 is 6.10 Å². The zero-order valence-corrected chi connectivity index (χ0v) is 15.2. The van der Waals surface area contributed by atoms with Crippen LogP contribution in [0.15, 0.2) is 41.7 Å². The number of thiophene rings is 1. The van der Waals surface area contributed by atoms with E-state index in [1.54, 1.807) is 18.1 Å². The van der Waals surface area contributed by atoms with Gasteiger partial charge in [-0.1, -0.05) is 37.3 Å². The van der Waals surface area contributed by atoms with Crippen molar-refractivity contribution >= 4 is 33.3 Å². The fourth-order valence-corrected chi connectivity index (χ4v) is 5.69. The molecule has 24 heavy (non-hydrogen) atoms. The van der Waals surface area contributed by atoms with E-state index in [2.05, 4.69) is 16.9 Å². The number of aromatic nitrogens is 2. The van der Waals surface area contributed by atoms with Crippen molar-refractivity contribution in [2.75, 3.05) is 5.75 Å². The van der Waals surface area contributed by atoms with Crippen molar-refractivity contribution in [1.82, 2.24) is 9.97 Å². The Morgan fingerprint density at radius 1 is 1.29 bits per heavy atom. The minimum absolute atomic E-state index is 0.476. The van der Waals surface area contributed by atoms with Gasteiger partial charge < -0.3 is 5.11 Å². The minimum Gasteiger partial charge on any atom is -0.388 e. The second-order valence-electron chi connectivity index (χ2n) is 6.45. The lowest BCUT2D eigenvalue weighted by Crippen LogP contribution is -2.08. The Kier molecular flexibility index (Phi) is 4.57. The molecule has 5 heteroatoms. The number of aliphatic hydroxyl groups excluding tert-OH is 1. The molecule has 1 aliphatic rings. The highest BCUT2D eigenvalue weighted by Crippen LogP contribution is 2.41. The number of hydrogen-bond donors (Lipinski definition) is 1. The van der Waals surface area contributed by atoms with Gasteiger partial charge in [-0.25, -0.2) is 9.97 Å². The van der Waals surface area contributed by atoms with Crippen LogP contribution < -0.4 is 0 Å². The molecule has 1 aromatic carbocycles. The Balaban J connectivity index is 1.60. The molecule has 0 amide bonds. The van der Waals surface area contributed by atoms with E-state index in [0.717, 1.165) is 34.2 Å². The molecular formula is C19H20N2OS2. The molecule has 0 spiro atoms. The second-order valence-corrected chi connectivity index (χ2v) is 8.54. The Morgan fingerprint density at radius 2 is 2.12 bits per heavy atom. The van der Waals surface area contributed by atoms with Crippen LogP contribution in [0.4, 0.5) is 0 Å². The molecule has 1 N–H and O–H groups in total. The molecule has 0 aliphatic heterocycles. The van der Waals surface area contributed by atoms with Gasteiger partial charge >= 0.3 is 0 Å². The topological polar surface area (TPSA) is 46.0 Å². The van der Waals surface area contributed by atoms with E-state index in [4.69, 9.17) is 0 Å². The average molecular weight is 357 g/mol. The average Bonchev–Trinajstić information content (AvgIpc) is 2.98. The van der Waals surface area contributed by atoms with Gasteiger partial charge in [0.25, 0.3) is 0 Å². The number of nitrogens with zero attached hydrogens (tertiary/aromatic N) is 2. The molecule has 2 heterocycles. The summed E-state index contributed by atoms with van der Waals surface area (Å²) in [4.78, 5) is 11.6. The van der Waals surface area contributed by atoms with Crippen LogP contribution in [0.2, 0.25) is 0 Å². The van der Waals surface area contributed by atoms with Crippen LogP contribution in [-0.2, 0) is 12.8 Å². The Labute approximate surface area is 150 Å². The van der Waals surface area contributed by atoms with Gasteiger partial charge in [-0.3, -0.25) is 0 Å². The smallest absolute Gasteiger partial charge is 0.128 e. The van der Waals surface area contributed by atoms with Gasteiger partial charge in [-0.15, -0.1) is 23.1 Å². The normalized spacial score (nSPS) is 18.5. The molecule has 124 valence electrons. The van der Waals surface area contributed by atoms with Crippen LogP contribution in [0.25, 0.3) is 10.2 Å². The summed E-state index contributed by atoms with van der Waals surface area (Å²) in [6.45, 7) is 2.32. The Hall–Kier alpha value is -1.43. The zero-order valence-electron chi connectivity index (χ0n) is 13.6. The maximum absolute atomic E-state index is 10.4. The van der Waals surface area contributed by atoms with Gasteiger partial charge in [0.1, 0.15) is 16.2 Å². The summed E-state index contributed by atoms with van der Waals surface area (Å²) in [5, 5.41) is 12.7. The largest absolute Gasteiger partial charge is 0.388 e. The number of benzene rings is 1. The van der Waals surface area contributed by atoms with Crippen molar-refractivity contribution in [2.24, 2.45) is 5.92 Å². The van der Waals surface area contributed by atoms with E-state index >= 15 is 0 Å². The van der Waals surface area contributed by atoms with Crippen LogP contribution in [0.1, 0.15) is 35.5 Å². The molecule has 0 bridgehead atoms. The molecule has 3 aromatic rings. The van der Waals surface area contributed by atoms with Crippen molar-refractivity contribution < 1.29 is 5.11 Å². The molecule has 2 atom stereocenters. The number of fused-ring (bicyclic) bond motifs is 3. The van der Waals surface area contributed by atoms with Crippen molar-refractivity contribution in [3.63, 3.8) is 0 Å². The second kappa shape index (κ2) is 6.82. The van der Waals surface area contributed by atoms with Gasteiger partial charge in [0.05, 0.1) is 6.10 Å². The minimum atomic E-state index is -0.476. The first-order valence-corrected chi connectivity index (χ1v) is 10.1. The monoisotopic (exact) mass is 356 g/mol. The van der Waals surface area contributed by atoms with Crippen LogP contribution in [0.5, 0.6) is 0 Å². The highest BCUT2D eigenvalue weighted by atomic mass is 32.2. The molecule has 1 aliphatic carbocycles. The first kappa shape index (κ1) is 16.1. The summed E-state index contributed by atoms with van der Waals surface area (Å²) in [5.74, 6) is 1.37. The van der Waals surface area contributed by atoms with Crippen molar-refractivity contribution in [1.29, 1.82) is 0 Å². The van der Waals surface area contributed by atoms with Crippen LogP contribution in [0, 0.1) is 5.92 Å². The van der Waals surface area contributed by atoms with E-state index in [1.165, 1.54) is 22.2 Å². The lowest BCUT2D eigenvalue weighted by atomic mass is 9.89. The van der Waals surface area contributed by atoms with Gasteiger partial charge in [-0.05, 0) is 36.3 Å². The van der Waals surface area contributed by atoms with E-state index in [9.17, 15) is 5.11 Å². The molecule has 2 aromatic heterocycles. The highest BCUT2D eigenvalue weighted by molar-refractivity contribution is 7.99. The first-order valence-electron chi connectivity index (χ1n) is 8.33. The molecule has 0 saturated carbocycles. The quantitative estimate of drug-likeness (QED) is 0.546.